The zero-order chi connectivity index (χ0) is 13.8. The van der Waals surface area contributed by atoms with Crippen molar-refractivity contribution in [1.29, 1.82) is 0 Å². The van der Waals surface area contributed by atoms with E-state index >= 15 is 0 Å². The Morgan fingerprint density at radius 1 is 1.47 bits per heavy atom. The van der Waals surface area contributed by atoms with Gasteiger partial charge in [-0.15, -0.1) is 0 Å². The van der Waals surface area contributed by atoms with Crippen LogP contribution in [-0.4, -0.2) is 28.7 Å². The summed E-state index contributed by atoms with van der Waals surface area (Å²) in [4.78, 5) is 27.9. The highest BCUT2D eigenvalue weighted by Crippen LogP contribution is 2.23. The number of hydrogen-bond donors (Lipinski definition) is 0. The predicted octanol–water partition coefficient (Wildman–Crippen LogP) is 1.20. The van der Waals surface area contributed by atoms with E-state index in [1.807, 2.05) is 6.92 Å². The van der Waals surface area contributed by atoms with E-state index < -0.39 is 5.97 Å². The monoisotopic (exact) mass is 264 g/mol. The van der Waals surface area contributed by atoms with Gasteiger partial charge in [-0.2, -0.15) is 0 Å². The summed E-state index contributed by atoms with van der Waals surface area (Å²) in [5.41, 5.74) is 0.487. The van der Waals surface area contributed by atoms with Crippen LogP contribution in [0.15, 0.2) is 17.3 Å². The lowest BCUT2D eigenvalue weighted by Crippen LogP contribution is -2.27. The van der Waals surface area contributed by atoms with Crippen molar-refractivity contribution in [3.8, 4) is 0 Å². The zero-order valence-corrected chi connectivity index (χ0v) is 11.0. The number of fused-ring (bicyclic) bond motifs is 1. The first-order chi connectivity index (χ1) is 9.19. The first-order valence-electron chi connectivity index (χ1n) is 6.27. The lowest BCUT2D eigenvalue weighted by molar-refractivity contribution is 0.0523. The average Bonchev–Trinajstić information content (AvgIpc) is 2.81. The van der Waals surface area contributed by atoms with Gasteiger partial charge >= 0.3 is 5.97 Å². The molecular weight excluding hydrogens is 248 g/mol. The van der Waals surface area contributed by atoms with Gasteiger partial charge < -0.3 is 9.47 Å². The van der Waals surface area contributed by atoms with Gasteiger partial charge in [-0.3, -0.25) is 9.36 Å². The molecule has 0 fully saturated rings. The number of rotatable bonds is 4. The van der Waals surface area contributed by atoms with Gasteiger partial charge in [-0.05, 0) is 20.3 Å². The highest BCUT2D eigenvalue weighted by atomic mass is 16.5. The molecule has 0 amide bonds. The molecule has 0 aromatic carbocycles. The van der Waals surface area contributed by atoms with Crippen molar-refractivity contribution in [3.05, 3.63) is 34.2 Å². The number of ether oxygens (including phenoxy) is 2. The maximum absolute atomic E-state index is 12.2. The summed E-state index contributed by atoms with van der Waals surface area (Å²) in [5.74, 6) is -0.0657. The molecule has 2 heterocycles. The maximum atomic E-state index is 12.2. The van der Waals surface area contributed by atoms with Crippen LogP contribution in [0.2, 0.25) is 0 Å². The third-order valence-electron chi connectivity index (χ3n) is 2.83. The molecule has 19 heavy (non-hydrogen) atoms. The highest BCUT2D eigenvalue weighted by molar-refractivity contribution is 5.88. The van der Waals surface area contributed by atoms with Gasteiger partial charge in [0.15, 0.2) is 0 Å². The first-order valence-corrected chi connectivity index (χ1v) is 6.27. The van der Waals surface area contributed by atoms with Gasteiger partial charge in [0.2, 0.25) is 0 Å². The van der Waals surface area contributed by atoms with E-state index in [1.54, 1.807) is 13.2 Å². The van der Waals surface area contributed by atoms with Crippen LogP contribution in [0.5, 0.6) is 0 Å². The van der Waals surface area contributed by atoms with E-state index in [0.29, 0.717) is 25.4 Å². The van der Waals surface area contributed by atoms with Crippen molar-refractivity contribution in [2.75, 3.05) is 13.2 Å². The van der Waals surface area contributed by atoms with Gasteiger partial charge in [0.05, 0.1) is 19.5 Å². The first kappa shape index (κ1) is 13.3. The van der Waals surface area contributed by atoms with Gasteiger partial charge in [0.25, 0.3) is 5.56 Å². The molecule has 0 atom stereocenters. The Labute approximate surface area is 110 Å². The van der Waals surface area contributed by atoms with Crippen LogP contribution in [-0.2, 0) is 16.0 Å². The van der Waals surface area contributed by atoms with Crippen LogP contribution in [0, 0.1) is 0 Å². The molecule has 0 spiro atoms. The molecule has 0 aliphatic carbocycles. The third kappa shape index (κ3) is 2.52. The number of aromatic nitrogens is 2. The molecule has 0 unspecified atom stereocenters. The number of nitrogens with zero attached hydrogens (tertiary/aromatic N) is 2. The van der Waals surface area contributed by atoms with Crippen molar-refractivity contribution in [2.45, 2.75) is 26.8 Å². The fourth-order valence-electron chi connectivity index (χ4n) is 1.94. The highest BCUT2D eigenvalue weighted by Gasteiger charge is 2.23. The fourth-order valence-corrected chi connectivity index (χ4v) is 1.94. The van der Waals surface area contributed by atoms with Crippen molar-refractivity contribution in [2.24, 2.45) is 0 Å². The van der Waals surface area contributed by atoms with Crippen LogP contribution in [0.4, 0.5) is 0 Å². The van der Waals surface area contributed by atoms with E-state index in [-0.39, 0.29) is 17.7 Å². The molecule has 0 radical (unpaired) electrons. The predicted molar refractivity (Wildman–Crippen MR) is 68.7 cm³/mol. The Kier molecular flexibility index (Phi) is 3.99. The molecule has 0 N–H and O–H groups in total. The number of esters is 1. The van der Waals surface area contributed by atoms with Crippen LogP contribution >= 0.6 is 0 Å². The maximum Gasteiger partial charge on any atom is 0.345 e. The standard InChI is InChI=1S/C13H16N2O4/c1-3-18-8-9-5-6-15-11(9)14-7-10(12(15)16)13(17)19-4-2/h7-8H,3-6H2,1-2H3/b9-8+. The minimum absolute atomic E-state index is 0.0248. The molecule has 1 aliphatic rings. The van der Waals surface area contributed by atoms with Gasteiger partial charge in [0, 0.05) is 18.3 Å². The van der Waals surface area contributed by atoms with Gasteiger partial charge in [0.1, 0.15) is 11.4 Å². The van der Waals surface area contributed by atoms with E-state index in [2.05, 4.69) is 4.98 Å². The Morgan fingerprint density at radius 3 is 2.95 bits per heavy atom. The lowest BCUT2D eigenvalue weighted by Gasteiger charge is -2.05. The second-order valence-electron chi connectivity index (χ2n) is 4.02. The quantitative estimate of drug-likeness (QED) is 0.603. The van der Waals surface area contributed by atoms with Gasteiger partial charge in [-0.25, -0.2) is 9.78 Å². The summed E-state index contributed by atoms with van der Waals surface area (Å²) in [6.07, 6.45) is 3.57. The molecule has 2 rings (SSSR count). The SMILES string of the molecule is CCO/C=C1\CCn2c1ncc(C(=O)OCC)c2=O. The summed E-state index contributed by atoms with van der Waals surface area (Å²) < 4.78 is 11.5. The summed E-state index contributed by atoms with van der Waals surface area (Å²) >= 11 is 0. The molecule has 0 saturated carbocycles. The van der Waals surface area contributed by atoms with Crippen LogP contribution in [0.25, 0.3) is 5.57 Å². The van der Waals surface area contributed by atoms with E-state index in [4.69, 9.17) is 9.47 Å². The van der Waals surface area contributed by atoms with E-state index in [9.17, 15) is 9.59 Å². The summed E-state index contributed by atoms with van der Waals surface area (Å²) in [6, 6.07) is 0. The zero-order valence-electron chi connectivity index (χ0n) is 11.0. The van der Waals surface area contributed by atoms with Crippen LogP contribution < -0.4 is 5.56 Å². The second kappa shape index (κ2) is 5.69. The average molecular weight is 264 g/mol. The van der Waals surface area contributed by atoms with Gasteiger partial charge in [-0.1, -0.05) is 0 Å². The molecule has 0 bridgehead atoms. The summed E-state index contributed by atoms with van der Waals surface area (Å²) in [7, 11) is 0. The molecular formula is C13H16N2O4. The third-order valence-corrected chi connectivity index (χ3v) is 2.83. The minimum Gasteiger partial charge on any atom is -0.501 e. The summed E-state index contributed by atoms with van der Waals surface area (Å²) in [6.45, 7) is 4.88. The topological polar surface area (TPSA) is 70.4 Å². The Hall–Kier alpha value is -2.11. The molecule has 6 nitrogen and oxygen atoms in total. The van der Waals surface area contributed by atoms with Crippen molar-refractivity contribution < 1.29 is 14.3 Å². The summed E-state index contributed by atoms with van der Waals surface area (Å²) in [5, 5.41) is 0. The van der Waals surface area contributed by atoms with E-state index in [0.717, 1.165) is 5.57 Å². The fraction of sp³-hybridized carbons (Fsp3) is 0.462. The smallest absolute Gasteiger partial charge is 0.345 e. The molecule has 6 heteroatoms. The van der Waals surface area contributed by atoms with Crippen LogP contribution in [0.3, 0.4) is 0 Å². The number of hydrogen-bond acceptors (Lipinski definition) is 5. The number of carbonyl (C=O) groups excluding carboxylic acids is 1. The Morgan fingerprint density at radius 2 is 2.26 bits per heavy atom. The Balaban J connectivity index is 2.38. The second-order valence-corrected chi connectivity index (χ2v) is 4.02. The number of carbonyl (C=O) groups is 1. The Bertz CT molecular complexity index is 574. The number of allylic oxidation sites excluding steroid dienone is 1. The largest absolute Gasteiger partial charge is 0.501 e. The van der Waals surface area contributed by atoms with Crippen molar-refractivity contribution in [1.82, 2.24) is 9.55 Å². The van der Waals surface area contributed by atoms with Crippen molar-refractivity contribution in [3.63, 3.8) is 0 Å². The molecule has 102 valence electrons. The molecule has 1 aliphatic heterocycles. The normalized spacial score (nSPS) is 15.4. The molecule has 1 aromatic heterocycles. The minimum atomic E-state index is -0.627. The molecule has 1 aromatic rings. The van der Waals surface area contributed by atoms with Crippen LogP contribution in [0.1, 0.15) is 36.5 Å². The molecule has 0 saturated heterocycles. The lowest BCUT2D eigenvalue weighted by atomic mass is 10.2. The van der Waals surface area contributed by atoms with E-state index in [1.165, 1.54) is 10.8 Å². The van der Waals surface area contributed by atoms with Crippen molar-refractivity contribution >= 4 is 11.5 Å².